The van der Waals surface area contributed by atoms with Crippen LogP contribution in [0.25, 0.3) is 10.2 Å². The average Bonchev–Trinajstić information content (AvgIpc) is 2.94. The van der Waals surface area contributed by atoms with E-state index in [1.165, 1.54) is 35.6 Å². The lowest BCUT2D eigenvalue weighted by Crippen LogP contribution is -2.15. The highest BCUT2D eigenvalue weighted by atomic mass is 32.1. The summed E-state index contributed by atoms with van der Waals surface area (Å²) in [4.78, 5) is 16.5. The van der Waals surface area contributed by atoms with Crippen molar-refractivity contribution in [1.29, 1.82) is 0 Å². The van der Waals surface area contributed by atoms with Crippen LogP contribution in [0.4, 0.5) is 9.52 Å². The highest BCUT2D eigenvalue weighted by molar-refractivity contribution is 7.22. The van der Waals surface area contributed by atoms with Crippen LogP contribution in [-0.2, 0) is 0 Å². The number of fused-ring (bicyclic) bond motifs is 2. The van der Waals surface area contributed by atoms with E-state index in [0.29, 0.717) is 35.4 Å². The summed E-state index contributed by atoms with van der Waals surface area (Å²) < 4.78 is 24.8. The summed E-state index contributed by atoms with van der Waals surface area (Å²) in [7, 11) is 0. The predicted octanol–water partition coefficient (Wildman–Crippen LogP) is 3.46. The molecule has 2 aromatic carbocycles. The largest absolute Gasteiger partial charge is 0.486 e. The number of nitrogens with one attached hydrogen (secondary N) is 1. The number of benzene rings is 2. The molecular formula is C16H11FN2O3S. The molecule has 1 aliphatic heterocycles. The lowest BCUT2D eigenvalue weighted by molar-refractivity contribution is 0.102. The van der Waals surface area contributed by atoms with Gasteiger partial charge in [0.25, 0.3) is 5.91 Å². The van der Waals surface area contributed by atoms with Crippen molar-refractivity contribution in [2.45, 2.75) is 0 Å². The topological polar surface area (TPSA) is 60.5 Å². The van der Waals surface area contributed by atoms with Crippen LogP contribution < -0.4 is 14.8 Å². The van der Waals surface area contributed by atoms with Crippen molar-refractivity contribution in [3.8, 4) is 11.5 Å². The van der Waals surface area contributed by atoms with Gasteiger partial charge in [0.2, 0.25) is 0 Å². The standard InChI is InChI=1S/C16H11FN2O3S/c17-10-3-1-9(2-4-10)15(20)19-16-18-11-7-12-13(8-14(11)23-16)22-6-5-21-12/h1-4,7-8H,5-6H2,(H,18,19,20). The monoisotopic (exact) mass is 330 g/mol. The zero-order valence-corrected chi connectivity index (χ0v) is 12.7. The molecule has 1 N–H and O–H groups in total. The predicted molar refractivity (Wildman–Crippen MR) is 85.0 cm³/mol. The van der Waals surface area contributed by atoms with Gasteiger partial charge in [0.15, 0.2) is 16.6 Å². The molecule has 0 unspecified atom stereocenters. The molecule has 2 heterocycles. The number of nitrogens with zero attached hydrogens (tertiary/aromatic N) is 1. The van der Waals surface area contributed by atoms with Gasteiger partial charge in [-0.05, 0) is 24.3 Å². The highest BCUT2D eigenvalue weighted by Crippen LogP contribution is 2.37. The highest BCUT2D eigenvalue weighted by Gasteiger charge is 2.16. The number of carbonyl (C=O) groups is 1. The Hall–Kier alpha value is -2.67. The molecule has 1 aliphatic rings. The average molecular weight is 330 g/mol. The van der Waals surface area contributed by atoms with Crippen LogP contribution in [0.1, 0.15) is 10.4 Å². The van der Waals surface area contributed by atoms with Gasteiger partial charge in [0.05, 0.1) is 10.2 Å². The molecule has 5 nitrogen and oxygen atoms in total. The van der Waals surface area contributed by atoms with E-state index in [-0.39, 0.29) is 11.7 Å². The number of aromatic nitrogens is 1. The first-order valence-corrected chi connectivity index (χ1v) is 7.78. The Morgan fingerprint density at radius 3 is 2.57 bits per heavy atom. The molecule has 0 saturated carbocycles. The maximum atomic E-state index is 12.9. The maximum Gasteiger partial charge on any atom is 0.257 e. The minimum absolute atomic E-state index is 0.332. The van der Waals surface area contributed by atoms with Crippen molar-refractivity contribution in [1.82, 2.24) is 4.98 Å². The van der Waals surface area contributed by atoms with E-state index in [2.05, 4.69) is 10.3 Å². The van der Waals surface area contributed by atoms with E-state index in [9.17, 15) is 9.18 Å². The SMILES string of the molecule is O=C(Nc1nc2cc3c(cc2s1)OCCO3)c1ccc(F)cc1. The van der Waals surface area contributed by atoms with Crippen molar-refractivity contribution in [2.75, 3.05) is 18.5 Å². The Bertz CT molecular complexity index is 849. The molecule has 0 saturated heterocycles. The molecule has 3 aromatic rings. The fourth-order valence-electron chi connectivity index (χ4n) is 2.29. The number of rotatable bonds is 2. The zero-order chi connectivity index (χ0) is 15.8. The minimum atomic E-state index is -0.382. The summed E-state index contributed by atoms with van der Waals surface area (Å²) in [5.41, 5.74) is 1.10. The molecule has 1 amide bonds. The number of ether oxygens (including phenoxy) is 2. The molecule has 0 aliphatic carbocycles. The molecule has 7 heteroatoms. The van der Waals surface area contributed by atoms with Gasteiger partial charge in [0.1, 0.15) is 19.0 Å². The van der Waals surface area contributed by atoms with Crippen LogP contribution in [0, 0.1) is 5.82 Å². The van der Waals surface area contributed by atoms with Crippen molar-refractivity contribution in [2.24, 2.45) is 0 Å². The van der Waals surface area contributed by atoms with Gasteiger partial charge in [-0.1, -0.05) is 11.3 Å². The molecule has 23 heavy (non-hydrogen) atoms. The summed E-state index contributed by atoms with van der Waals surface area (Å²) >= 11 is 1.34. The Morgan fingerprint density at radius 1 is 1.13 bits per heavy atom. The molecule has 0 fully saturated rings. The van der Waals surface area contributed by atoms with Gasteiger partial charge in [-0.25, -0.2) is 9.37 Å². The second kappa shape index (κ2) is 5.51. The van der Waals surface area contributed by atoms with E-state index >= 15 is 0 Å². The zero-order valence-electron chi connectivity index (χ0n) is 11.8. The van der Waals surface area contributed by atoms with Crippen molar-refractivity contribution < 1.29 is 18.7 Å². The van der Waals surface area contributed by atoms with Gasteiger partial charge < -0.3 is 9.47 Å². The smallest absolute Gasteiger partial charge is 0.257 e. The summed E-state index contributed by atoms with van der Waals surface area (Å²) in [6, 6.07) is 9.01. The van der Waals surface area contributed by atoms with Gasteiger partial charge in [-0.15, -0.1) is 0 Å². The number of carbonyl (C=O) groups excluding carboxylic acids is 1. The Kier molecular flexibility index (Phi) is 3.34. The van der Waals surface area contributed by atoms with E-state index in [1.807, 2.05) is 6.07 Å². The van der Waals surface area contributed by atoms with Crippen molar-refractivity contribution in [3.05, 3.63) is 47.8 Å². The van der Waals surface area contributed by atoms with Crippen LogP contribution in [0.15, 0.2) is 36.4 Å². The first kappa shape index (κ1) is 14.0. The van der Waals surface area contributed by atoms with E-state index in [4.69, 9.17) is 9.47 Å². The maximum absolute atomic E-state index is 12.9. The molecule has 0 spiro atoms. The summed E-state index contributed by atoms with van der Waals surface area (Å²) in [5, 5.41) is 3.19. The number of amides is 1. The van der Waals surface area contributed by atoms with Gasteiger partial charge in [-0.2, -0.15) is 0 Å². The van der Waals surface area contributed by atoms with Crippen LogP contribution in [0.2, 0.25) is 0 Å². The third-order valence-electron chi connectivity index (χ3n) is 3.38. The first-order chi connectivity index (χ1) is 11.2. The fraction of sp³-hybridized carbons (Fsp3) is 0.125. The lowest BCUT2D eigenvalue weighted by atomic mass is 10.2. The molecule has 0 radical (unpaired) electrons. The quantitative estimate of drug-likeness (QED) is 0.782. The van der Waals surface area contributed by atoms with E-state index in [1.54, 1.807) is 6.07 Å². The van der Waals surface area contributed by atoms with Gasteiger partial charge >= 0.3 is 0 Å². The summed E-state index contributed by atoms with van der Waals surface area (Å²) in [6.07, 6.45) is 0. The van der Waals surface area contributed by atoms with Crippen molar-refractivity contribution in [3.63, 3.8) is 0 Å². The number of anilines is 1. The Balaban J connectivity index is 1.61. The van der Waals surface area contributed by atoms with Crippen LogP contribution in [0.5, 0.6) is 11.5 Å². The van der Waals surface area contributed by atoms with Crippen LogP contribution >= 0.6 is 11.3 Å². The molecular weight excluding hydrogens is 319 g/mol. The third kappa shape index (κ3) is 2.70. The third-order valence-corrected chi connectivity index (χ3v) is 4.31. The number of halogens is 1. The van der Waals surface area contributed by atoms with Gasteiger partial charge in [-0.3, -0.25) is 10.1 Å². The minimum Gasteiger partial charge on any atom is -0.486 e. The van der Waals surface area contributed by atoms with E-state index < -0.39 is 0 Å². The van der Waals surface area contributed by atoms with Gasteiger partial charge in [0, 0.05) is 17.7 Å². The number of thiazole rings is 1. The second-order valence-corrected chi connectivity index (χ2v) is 5.97. The van der Waals surface area contributed by atoms with Crippen LogP contribution in [0.3, 0.4) is 0 Å². The number of hydrogen-bond donors (Lipinski definition) is 1. The van der Waals surface area contributed by atoms with Crippen LogP contribution in [-0.4, -0.2) is 24.1 Å². The Labute approximate surface area is 134 Å². The molecule has 4 rings (SSSR count). The lowest BCUT2D eigenvalue weighted by Gasteiger charge is -2.17. The normalized spacial score (nSPS) is 13.1. The van der Waals surface area contributed by atoms with E-state index in [0.717, 1.165) is 10.2 Å². The first-order valence-electron chi connectivity index (χ1n) is 6.96. The Morgan fingerprint density at radius 2 is 1.83 bits per heavy atom. The molecule has 1 aromatic heterocycles. The summed E-state index contributed by atoms with van der Waals surface area (Å²) in [6.45, 7) is 1.03. The second-order valence-electron chi connectivity index (χ2n) is 4.94. The number of hydrogen-bond acceptors (Lipinski definition) is 5. The molecule has 0 bridgehead atoms. The molecule has 116 valence electrons. The molecule has 0 atom stereocenters. The van der Waals surface area contributed by atoms with Crippen molar-refractivity contribution >= 4 is 32.6 Å². The fourth-order valence-corrected chi connectivity index (χ4v) is 3.16. The summed E-state index contributed by atoms with van der Waals surface area (Å²) in [5.74, 6) is 0.628.